The molecule has 1 heterocycles. The quantitative estimate of drug-likeness (QED) is 0.497. The average Bonchev–Trinajstić information content (AvgIpc) is 2.49. The fourth-order valence-corrected chi connectivity index (χ4v) is 2.72. The smallest absolute Gasteiger partial charge is 0.248 e. The molecule has 0 spiro atoms. The van der Waals surface area contributed by atoms with Crippen molar-refractivity contribution < 1.29 is 4.79 Å². The van der Waals surface area contributed by atoms with Gasteiger partial charge in [0.2, 0.25) is 5.91 Å². The molecule has 0 bridgehead atoms. The van der Waals surface area contributed by atoms with Crippen molar-refractivity contribution in [2.45, 2.75) is 32.7 Å². The second kappa shape index (κ2) is 7.22. The SMILES string of the molecule is CC(C)(C)c1ccc(CN2CCN(CC(=O)NN)CC2)cc1. The topological polar surface area (TPSA) is 61.6 Å². The van der Waals surface area contributed by atoms with Crippen molar-refractivity contribution in [1.29, 1.82) is 0 Å². The van der Waals surface area contributed by atoms with Gasteiger partial charge in [0.05, 0.1) is 6.54 Å². The predicted molar refractivity (Wildman–Crippen MR) is 89.2 cm³/mol. The van der Waals surface area contributed by atoms with Gasteiger partial charge in [0.1, 0.15) is 0 Å². The highest BCUT2D eigenvalue weighted by atomic mass is 16.2. The molecular weight excluding hydrogens is 276 g/mol. The van der Waals surface area contributed by atoms with E-state index in [0.29, 0.717) is 6.54 Å². The number of nitrogens with one attached hydrogen (secondary N) is 1. The van der Waals surface area contributed by atoms with Crippen molar-refractivity contribution in [2.24, 2.45) is 5.84 Å². The number of rotatable bonds is 4. The van der Waals surface area contributed by atoms with Crippen LogP contribution in [-0.4, -0.2) is 48.4 Å². The molecule has 5 nitrogen and oxygen atoms in total. The molecule has 1 amide bonds. The molecule has 1 saturated heterocycles. The number of carbonyl (C=O) groups excluding carboxylic acids is 1. The van der Waals surface area contributed by atoms with E-state index in [2.05, 4.69) is 60.3 Å². The van der Waals surface area contributed by atoms with Crippen molar-refractivity contribution in [3.63, 3.8) is 0 Å². The Morgan fingerprint density at radius 3 is 2.14 bits per heavy atom. The van der Waals surface area contributed by atoms with E-state index in [4.69, 9.17) is 5.84 Å². The Morgan fingerprint density at radius 2 is 1.64 bits per heavy atom. The molecule has 0 atom stereocenters. The van der Waals surface area contributed by atoms with E-state index >= 15 is 0 Å². The van der Waals surface area contributed by atoms with Crippen molar-refractivity contribution >= 4 is 5.91 Å². The van der Waals surface area contributed by atoms with Crippen LogP contribution in [0.25, 0.3) is 0 Å². The Kier molecular flexibility index (Phi) is 5.56. The lowest BCUT2D eigenvalue weighted by Gasteiger charge is -2.34. The summed E-state index contributed by atoms with van der Waals surface area (Å²) >= 11 is 0. The van der Waals surface area contributed by atoms with Gasteiger partial charge in [0, 0.05) is 32.7 Å². The number of hydrogen-bond donors (Lipinski definition) is 2. The Labute approximate surface area is 133 Å². The summed E-state index contributed by atoms with van der Waals surface area (Å²) in [5, 5.41) is 0. The molecule has 0 aliphatic carbocycles. The summed E-state index contributed by atoms with van der Waals surface area (Å²) in [7, 11) is 0. The first-order chi connectivity index (χ1) is 10.4. The highest BCUT2D eigenvalue weighted by molar-refractivity contribution is 5.77. The maximum Gasteiger partial charge on any atom is 0.248 e. The van der Waals surface area contributed by atoms with Gasteiger partial charge in [0.25, 0.3) is 0 Å². The molecule has 1 aromatic carbocycles. The summed E-state index contributed by atoms with van der Waals surface area (Å²) in [4.78, 5) is 15.8. The van der Waals surface area contributed by atoms with Crippen LogP contribution in [0.1, 0.15) is 31.9 Å². The second-order valence-electron chi connectivity index (χ2n) is 7.07. The molecule has 2 rings (SSSR count). The van der Waals surface area contributed by atoms with Crippen LogP contribution >= 0.6 is 0 Å². The van der Waals surface area contributed by atoms with E-state index in [0.717, 1.165) is 32.7 Å². The summed E-state index contributed by atoms with van der Waals surface area (Å²) < 4.78 is 0. The summed E-state index contributed by atoms with van der Waals surface area (Å²) in [5.74, 6) is 5.01. The fourth-order valence-electron chi connectivity index (χ4n) is 2.72. The number of nitrogens with two attached hydrogens (primary N) is 1. The zero-order valence-corrected chi connectivity index (χ0v) is 13.9. The van der Waals surface area contributed by atoms with Crippen LogP contribution < -0.4 is 11.3 Å². The first-order valence-electron chi connectivity index (χ1n) is 7.92. The van der Waals surface area contributed by atoms with Crippen LogP contribution in [0.2, 0.25) is 0 Å². The Morgan fingerprint density at radius 1 is 1.09 bits per heavy atom. The van der Waals surface area contributed by atoms with Crippen molar-refractivity contribution in [1.82, 2.24) is 15.2 Å². The molecule has 122 valence electrons. The molecule has 1 aromatic rings. The molecular formula is C17H28N4O. The van der Waals surface area contributed by atoms with E-state index in [1.54, 1.807) is 0 Å². The van der Waals surface area contributed by atoms with Crippen molar-refractivity contribution in [2.75, 3.05) is 32.7 Å². The minimum absolute atomic E-state index is 0.119. The van der Waals surface area contributed by atoms with E-state index in [1.165, 1.54) is 11.1 Å². The summed E-state index contributed by atoms with van der Waals surface area (Å²) in [6.45, 7) is 11.9. The number of hydrogen-bond acceptors (Lipinski definition) is 4. The summed E-state index contributed by atoms with van der Waals surface area (Å²) in [6.07, 6.45) is 0. The fraction of sp³-hybridized carbons (Fsp3) is 0.588. The van der Waals surface area contributed by atoms with Crippen LogP contribution in [0.4, 0.5) is 0 Å². The normalized spacial score (nSPS) is 17.5. The molecule has 0 radical (unpaired) electrons. The zero-order chi connectivity index (χ0) is 16.2. The molecule has 22 heavy (non-hydrogen) atoms. The number of hydrazine groups is 1. The summed E-state index contributed by atoms with van der Waals surface area (Å²) in [5.41, 5.74) is 5.11. The number of benzene rings is 1. The first-order valence-corrected chi connectivity index (χ1v) is 7.92. The number of nitrogens with zero attached hydrogens (tertiary/aromatic N) is 2. The largest absolute Gasteiger partial charge is 0.297 e. The van der Waals surface area contributed by atoms with Gasteiger partial charge in [-0.15, -0.1) is 0 Å². The van der Waals surface area contributed by atoms with Crippen LogP contribution in [0.3, 0.4) is 0 Å². The van der Waals surface area contributed by atoms with Gasteiger partial charge >= 0.3 is 0 Å². The van der Waals surface area contributed by atoms with Gasteiger partial charge in [-0.25, -0.2) is 5.84 Å². The third-order valence-electron chi connectivity index (χ3n) is 4.22. The van der Waals surface area contributed by atoms with Crippen LogP contribution in [0.15, 0.2) is 24.3 Å². The zero-order valence-electron chi connectivity index (χ0n) is 13.9. The molecule has 0 saturated carbocycles. The number of amides is 1. The van der Waals surface area contributed by atoms with Gasteiger partial charge < -0.3 is 0 Å². The van der Waals surface area contributed by atoms with Crippen LogP contribution in [0, 0.1) is 0 Å². The van der Waals surface area contributed by atoms with Crippen LogP contribution in [-0.2, 0) is 16.8 Å². The Hall–Kier alpha value is -1.43. The van der Waals surface area contributed by atoms with Crippen molar-refractivity contribution in [3.8, 4) is 0 Å². The lowest BCUT2D eigenvalue weighted by Crippen LogP contribution is -2.49. The third kappa shape index (κ3) is 4.80. The van der Waals surface area contributed by atoms with E-state index in [-0.39, 0.29) is 11.3 Å². The van der Waals surface area contributed by atoms with Crippen LogP contribution in [0.5, 0.6) is 0 Å². The van der Waals surface area contributed by atoms with E-state index < -0.39 is 0 Å². The van der Waals surface area contributed by atoms with Crippen molar-refractivity contribution in [3.05, 3.63) is 35.4 Å². The van der Waals surface area contributed by atoms with E-state index in [9.17, 15) is 4.79 Å². The molecule has 1 aliphatic rings. The number of piperazine rings is 1. The molecule has 0 unspecified atom stereocenters. The standard InChI is InChI=1S/C17H28N4O/c1-17(2,3)15-6-4-14(5-7-15)12-20-8-10-21(11-9-20)13-16(22)19-18/h4-7H,8-13,18H2,1-3H3,(H,19,22). The number of carbonyl (C=O) groups is 1. The lowest BCUT2D eigenvalue weighted by molar-refractivity contribution is -0.122. The molecule has 5 heteroatoms. The molecule has 3 N–H and O–H groups in total. The highest BCUT2D eigenvalue weighted by Crippen LogP contribution is 2.22. The minimum atomic E-state index is -0.119. The molecule has 1 aliphatic heterocycles. The van der Waals surface area contributed by atoms with Gasteiger partial charge in [0.15, 0.2) is 0 Å². The summed E-state index contributed by atoms with van der Waals surface area (Å²) in [6, 6.07) is 8.93. The van der Waals surface area contributed by atoms with Gasteiger partial charge in [-0.3, -0.25) is 20.0 Å². The Balaban J connectivity index is 1.82. The predicted octanol–water partition coefficient (Wildman–Crippen LogP) is 1.09. The monoisotopic (exact) mass is 304 g/mol. The maximum absolute atomic E-state index is 11.3. The third-order valence-corrected chi connectivity index (χ3v) is 4.22. The lowest BCUT2D eigenvalue weighted by atomic mass is 9.87. The Bertz CT molecular complexity index is 484. The van der Waals surface area contributed by atoms with Gasteiger partial charge in [-0.1, -0.05) is 45.0 Å². The van der Waals surface area contributed by atoms with Gasteiger partial charge in [-0.2, -0.15) is 0 Å². The second-order valence-corrected chi connectivity index (χ2v) is 7.07. The van der Waals surface area contributed by atoms with E-state index in [1.807, 2.05) is 0 Å². The minimum Gasteiger partial charge on any atom is -0.297 e. The molecule has 0 aromatic heterocycles. The van der Waals surface area contributed by atoms with Gasteiger partial charge in [-0.05, 0) is 16.5 Å². The first kappa shape index (κ1) is 16.9. The maximum atomic E-state index is 11.3. The average molecular weight is 304 g/mol. The molecule has 1 fully saturated rings. The highest BCUT2D eigenvalue weighted by Gasteiger charge is 2.19.